The molecule has 0 radical (unpaired) electrons. The van der Waals surface area contributed by atoms with Crippen LogP contribution in [0.25, 0.3) is 0 Å². The van der Waals surface area contributed by atoms with Gasteiger partial charge in [0.25, 0.3) is 0 Å². The second kappa shape index (κ2) is 7.01. The number of thioether (sulfide) groups is 1. The van der Waals surface area contributed by atoms with Gasteiger partial charge in [0.05, 0.1) is 11.7 Å². The van der Waals surface area contributed by atoms with Gasteiger partial charge in [-0.1, -0.05) is 32.9 Å². The molecule has 1 aromatic rings. The van der Waals surface area contributed by atoms with Crippen LogP contribution in [0.15, 0.2) is 4.52 Å². The van der Waals surface area contributed by atoms with Crippen LogP contribution in [0.5, 0.6) is 0 Å². The summed E-state index contributed by atoms with van der Waals surface area (Å²) in [5.41, 5.74) is 5.73. The fourth-order valence-corrected chi connectivity index (χ4v) is 2.26. The molecule has 4 nitrogen and oxygen atoms in total. The molecule has 2 atom stereocenters. The summed E-state index contributed by atoms with van der Waals surface area (Å²) >= 11 is 1.85. The SMILES string of the molecule is CCC(C)SCc1noc(C(CN)C(C)C)n1. The maximum atomic E-state index is 5.73. The molecule has 2 N–H and O–H groups in total. The van der Waals surface area contributed by atoms with E-state index in [0.717, 1.165) is 18.0 Å². The Morgan fingerprint density at radius 3 is 2.59 bits per heavy atom. The molecule has 0 fully saturated rings. The molecular weight excluding hydrogens is 234 g/mol. The van der Waals surface area contributed by atoms with Gasteiger partial charge >= 0.3 is 0 Å². The summed E-state index contributed by atoms with van der Waals surface area (Å²) in [4.78, 5) is 4.43. The normalized spacial score (nSPS) is 15.2. The highest BCUT2D eigenvalue weighted by Crippen LogP contribution is 2.23. The van der Waals surface area contributed by atoms with Gasteiger partial charge < -0.3 is 10.3 Å². The second-order valence-corrected chi connectivity index (χ2v) is 6.09. The quantitative estimate of drug-likeness (QED) is 0.813. The number of aromatic nitrogens is 2. The van der Waals surface area contributed by atoms with E-state index in [0.29, 0.717) is 23.6 Å². The van der Waals surface area contributed by atoms with Crippen LogP contribution in [0.1, 0.15) is 51.7 Å². The fourth-order valence-electron chi connectivity index (χ4n) is 1.47. The predicted molar refractivity (Wildman–Crippen MR) is 72.0 cm³/mol. The van der Waals surface area contributed by atoms with Crippen molar-refractivity contribution in [2.75, 3.05) is 6.54 Å². The first-order valence-corrected chi connectivity index (χ1v) is 7.27. The van der Waals surface area contributed by atoms with E-state index in [1.165, 1.54) is 0 Å². The number of nitrogens with two attached hydrogens (primary N) is 1. The summed E-state index contributed by atoms with van der Waals surface area (Å²) in [6.45, 7) is 9.19. The van der Waals surface area contributed by atoms with Crippen LogP contribution >= 0.6 is 11.8 Å². The minimum atomic E-state index is 0.171. The van der Waals surface area contributed by atoms with Gasteiger partial charge in [0.1, 0.15) is 0 Å². The van der Waals surface area contributed by atoms with Crippen molar-refractivity contribution in [2.24, 2.45) is 11.7 Å². The summed E-state index contributed by atoms with van der Waals surface area (Å²) in [6, 6.07) is 0. The van der Waals surface area contributed by atoms with Gasteiger partial charge in [-0.3, -0.25) is 0 Å². The summed E-state index contributed by atoms with van der Waals surface area (Å²) in [6.07, 6.45) is 1.16. The number of hydrogen-bond acceptors (Lipinski definition) is 5. The lowest BCUT2D eigenvalue weighted by Gasteiger charge is -2.13. The Morgan fingerprint density at radius 1 is 1.35 bits per heavy atom. The molecule has 0 aliphatic rings. The molecule has 1 rings (SSSR count). The van der Waals surface area contributed by atoms with Crippen LogP contribution in [0.4, 0.5) is 0 Å². The highest BCUT2D eigenvalue weighted by Gasteiger charge is 2.21. The van der Waals surface area contributed by atoms with Gasteiger partial charge in [-0.2, -0.15) is 16.7 Å². The third-order valence-electron chi connectivity index (χ3n) is 2.93. The standard InChI is InChI=1S/C12H23N3OS/c1-5-9(4)17-7-11-14-12(16-15-11)10(6-13)8(2)3/h8-10H,5-7,13H2,1-4H3. The Hall–Kier alpha value is -0.550. The maximum Gasteiger partial charge on any atom is 0.231 e. The van der Waals surface area contributed by atoms with Crippen LogP contribution < -0.4 is 5.73 Å². The lowest BCUT2D eigenvalue weighted by molar-refractivity contribution is 0.322. The van der Waals surface area contributed by atoms with Crippen molar-refractivity contribution < 1.29 is 4.52 Å². The van der Waals surface area contributed by atoms with Gasteiger partial charge in [-0.15, -0.1) is 0 Å². The van der Waals surface area contributed by atoms with Crippen molar-refractivity contribution in [3.63, 3.8) is 0 Å². The molecule has 0 saturated carbocycles. The van der Waals surface area contributed by atoms with Gasteiger partial charge in [0.15, 0.2) is 5.82 Å². The number of rotatable bonds is 7. The molecule has 0 aliphatic heterocycles. The lowest BCUT2D eigenvalue weighted by atomic mass is 9.96. The molecular formula is C12H23N3OS. The third-order valence-corrected chi connectivity index (χ3v) is 4.26. The zero-order chi connectivity index (χ0) is 12.8. The highest BCUT2D eigenvalue weighted by atomic mass is 32.2. The van der Waals surface area contributed by atoms with Gasteiger partial charge in [0, 0.05) is 11.8 Å². The maximum absolute atomic E-state index is 5.73. The Kier molecular flexibility index (Phi) is 5.98. The Morgan fingerprint density at radius 2 is 2.06 bits per heavy atom. The smallest absolute Gasteiger partial charge is 0.231 e. The molecule has 17 heavy (non-hydrogen) atoms. The Bertz CT molecular complexity index is 327. The van der Waals surface area contributed by atoms with Gasteiger partial charge in [0.2, 0.25) is 5.89 Å². The first kappa shape index (κ1) is 14.5. The zero-order valence-electron chi connectivity index (χ0n) is 11.1. The number of nitrogens with zero attached hydrogens (tertiary/aromatic N) is 2. The van der Waals surface area contributed by atoms with Crippen LogP contribution in [0.3, 0.4) is 0 Å². The first-order chi connectivity index (χ1) is 8.08. The minimum Gasteiger partial charge on any atom is -0.339 e. The van der Waals surface area contributed by atoms with E-state index in [1.807, 2.05) is 11.8 Å². The minimum absolute atomic E-state index is 0.171. The van der Waals surface area contributed by atoms with Crippen molar-refractivity contribution in [2.45, 2.75) is 51.0 Å². The summed E-state index contributed by atoms with van der Waals surface area (Å²) in [5, 5.41) is 4.64. The Labute approximate surface area is 108 Å². The van der Waals surface area contributed by atoms with E-state index in [4.69, 9.17) is 10.3 Å². The molecule has 98 valence electrons. The molecule has 0 aliphatic carbocycles. The second-order valence-electron chi connectivity index (χ2n) is 4.66. The van der Waals surface area contributed by atoms with E-state index in [2.05, 4.69) is 37.8 Å². The largest absolute Gasteiger partial charge is 0.339 e. The van der Waals surface area contributed by atoms with E-state index in [1.54, 1.807) is 0 Å². The molecule has 2 unspecified atom stereocenters. The molecule has 0 bridgehead atoms. The molecule has 1 aromatic heterocycles. The van der Waals surface area contributed by atoms with E-state index in [9.17, 15) is 0 Å². The lowest BCUT2D eigenvalue weighted by Crippen LogP contribution is -2.18. The van der Waals surface area contributed by atoms with Gasteiger partial charge in [-0.05, 0) is 12.3 Å². The molecule has 0 aromatic carbocycles. The van der Waals surface area contributed by atoms with Crippen LogP contribution in [-0.2, 0) is 5.75 Å². The predicted octanol–water partition coefficient (Wildman–Crippen LogP) is 2.80. The summed E-state index contributed by atoms with van der Waals surface area (Å²) in [7, 11) is 0. The van der Waals surface area contributed by atoms with Crippen LogP contribution in [0, 0.1) is 5.92 Å². The fraction of sp³-hybridized carbons (Fsp3) is 0.833. The molecule has 0 saturated heterocycles. The molecule has 0 amide bonds. The average molecular weight is 257 g/mol. The van der Waals surface area contributed by atoms with E-state index < -0.39 is 0 Å². The van der Waals surface area contributed by atoms with Crippen molar-refractivity contribution >= 4 is 11.8 Å². The van der Waals surface area contributed by atoms with E-state index in [-0.39, 0.29) is 5.92 Å². The van der Waals surface area contributed by atoms with Gasteiger partial charge in [-0.25, -0.2) is 0 Å². The summed E-state index contributed by atoms with van der Waals surface area (Å²) in [5.74, 6) is 2.88. The monoisotopic (exact) mass is 257 g/mol. The van der Waals surface area contributed by atoms with Crippen molar-refractivity contribution in [3.05, 3.63) is 11.7 Å². The van der Waals surface area contributed by atoms with Crippen LogP contribution in [0.2, 0.25) is 0 Å². The van der Waals surface area contributed by atoms with Crippen LogP contribution in [-0.4, -0.2) is 21.9 Å². The van der Waals surface area contributed by atoms with Crippen molar-refractivity contribution in [1.82, 2.24) is 10.1 Å². The average Bonchev–Trinajstić information content (AvgIpc) is 2.75. The molecule has 5 heteroatoms. The third kappa shape index (κ3) is 4.32. The van der Waals surface area contributed by atoms with Crippen molar-refractivity contribution in [1.29, 1.82) is 0 Å². The number of hydrogen-bond donors (Lipinski definition) is 1. The molecule has 1 heterocycles. The first-order valence-electron chi connectivity index (χ1n) is 6.22. The zero-order valence-corrected chi connectivity index (χ0v) is 12.0. The Balaban J connectivity index is 2.58. The highest BCUT2D eigenvalue weighted by molar-refractivity contribution is 7.99. The van der Waals surface area contributed by atoms with E-state index >= 15 is 0 Å². The topological polar surface area (TPSA) is 64.9 Å². The van der Waals surface area contributed by atoms with Crippen molar-refractivity contribution in [3.8, 4) is 0 Å². The molecule has 0 spiro atoms. The summed E-state index contributed by atoms with van der Waals surface area (Å²) < 4.78 is 5.29.